The minimum absolute atomic E-state index is 0.246. The number of hydrogen-bond donors (Lipinski definition) is 0. The lowest BCUT2D eigenvalue weighted by molar-refractivity contribution is -0.0186. The van der Waals surface area contributed by atoms with E-state index >= 15 is 0 Å². The summed E-state index contributed by atoms with van der Waals surface area (Å²) in [4.78, 5) is 0. The molecule has 0 aromatic heterocycles. The molecule has 0 aliphatic heterocycles. The zero-order chi connectivity index (χ0) is 23.8. The molecule has 0 aliphatic rings. The molecule has 0 saturated carbocycles. The van der Waals surface area contributed by atoms with E-state index in [0.29, 0.717) is 66.1 Å². The minimum Gasteiger partial charge on any atom is -0.491 e. The summed E-state index contributed by atoms with van der Waals surface area (Å²) in [6.07, 6.45) is 9.41. The van der Waals surface area contributed by atoms with Gasteiger partial charge in [-0.05, 0) is 44.4 Å². The lowest BCUT2D eigenvalue weighted by Gasteiger charge is -2.09. The molecule has 6 nitrogen and oxygen atoms in total. The Bertz CT molecular complexity index is 520. The lowest BCUT2D eigenvalue weighted by atomic mass is 10.0. The van der Waals surface area contributed by atoms with Gasteiger partial charge in [0.1, 0.15) is 12.4 Å². The second kappa shape index (κ2) is 22.6. The molecule has 0 unspecified atom stereocenters. The molecule has 33 heavy (non-hydrogen) atoms. The number of ether oxygens (including phenoxy) is 6. The van der Waals surface area contributed by atoms with Gasteiger partial charge in [0.15, 0.2) is 0 Å². The second-order valence-electron chi connectivity index (χ2n) is 8.38. The Morgan fingerprint density at radius 3 is 1.61 bits per heavy atom. The van der Waals surface area contributed by atoms with Gasteiger partial charge in [0, 0.05) is 0 Å². The van der Waals surface area contributed by atoms with Gasteiger partial charge in [0.2, 0.25) is 0 Å². The summed E-state index contributed by atoms with van der Waals surface area (Å²) in [6, 6.07) is 8.46. The molecule has 0 bridgehead atoms. The third-order valence-corrected chi connectivity index (χ3v) is 5.03. The molecule has 1 aromatic carbocycles. The normalized spacial score (nSPS) is 11.4. The van der Waals surface area contributed by atoms with E-state index < -0.39 is 0 Å². The standard InChI is InChI=1S/C27H48O6/c1-4-5-6-7-8-9-10-26-11-13-27(14-12-26)33-24-22-31-20-18-29-16-15-28-17-19-30-21-23-32-25(2)3/h11-14,25H,4-10,15-24H2,1-3H3. The summed E-state index contributed by atoms with van der Waals surface area (Å²) >= 11 is 0. The van der Waals surface area contributed by atoms with E-state index in [1.807, 2.05) is 13.8 Å². The number of rotatable bonds is 24. The van der Waals surface area contributed by atoms with Crippen molar-refractivity contribution >= 4 is 0 Å². The van der Waals surface area contributed by atoms with Crippen molar-refractivity contribution in [3.8, 4) is 5.75 Å². The first-order valence-electron chi connectivity index (χ1n) is 12.9. The Kier molecular flexibility index (Phi) is 20.4. The van der Waals surface area contributed by atoms with Gasteiger partial charge in [0.25, 0.3) is 0 Å². The van der Waals surface area contributed by atoms with Crippen LogP contribution >= 0.6 is 0 Å². The maximum Gasteiger partial charge on any atom is 0.119 e. The van der Waals surface area contributed by atoms with Crippen LogP contribution in [0.25, 0.3) is 0 Å². The average molecular weight is 469 g/mol. The second-order valence-corrected chi connectivity index (χ2v) is 8.38. The van der Waals surface area contributed by atoms with Gasteiger partial charge in [0.05, 0.1) is 65.6 Å². The predicted molar refractivity (Wildman–Crippen MR) is 133 cm³/mol. The number of unbranched alkanes of at least 4 members (excludes halogenated alkanes) is 5. The van der Waals surface area contributed by atoms with Crippen LogP contribution in [0.2, 0.25) is 0 Å². The van der Waals surface area contributed by atoms with E-state index in [2.05, 4.69) is 31.2 Å². The molecule has 0 amide bonds. The lowest BCUT2D eigenvalue weighted by Crippen LogP contribution is -2.15. The summed E-state index contributed by atoms with van der Waals surface area (Å²) in [7, 11) is 0. The van der Waals surface area contributed by atoms with E-state index in [1.54, 1.807) is 0 Å². The fourth-order valence-corrected chi connectivity index (χ4v) is 3.18. The van der Waals surface area contributed by atoms with Gasteiger partial charge in [-0.25, -0.2) is 0 Å². The highest BCUT2D eigenvalue weighted by Crippen LogP contribution is 2.15. The van der Waals surface area contributed by atoms with E-state index in [1.165, 1.54) is 44.1 Å². The first-order chi connectivity index (χ1) is 16.2. The number of benzene rings is 1. The summed E-state index contributed by atoms with van der Waals surface area (Å²) in [5, 5.41) is 0. The fourth-order valence-electron chi connectivity index (χ4n) is 3.18. The van der Waals surface area contributed by atoms with Crippen LogP contribution < -0.4 is 4.74 Å². The number of hydrogen-bond acceptors (Lipinski definition) is 6. The summed E-state index contributed by atoms with van der Waals surface area (Å²) in [5.74, 6) is 0.898. The SMILES string of the molecule is CCCCCCCCc1ccc(OCCOCCOCCOCCOCCOC(C)C)cc1. The van der Waals surface area contributed by atoms with E-state index in [4.69, 9.17) is 28.4 Å². The van der Waals surface area contributed by atoms with Crippen molar-refractivity contribution in [2.24, 2.45) is 0 Å². The summed E-state index contributed by atoms with van der Waals surface area (Å²) in [6.45, 7) is 12.0. The Labute approximate surface area is 202 Å². The third kappa shape index (κ3) is 20.0. The smallest absolute Gasteiger partial charge is 0.119 e. The van der Waals surface area contributed by atoms with Crippen LogP contribution in [0, 0.1) is 0 Å². The van der Waals surface area contributed by atoms with Crippen LogP contribution in [0.15, 0.2) is 24.3 Å². The molecule has 0 aliphatic carbocycles. The van der Waals surface area contributed by atoms with Gasteiger partial charge < -0.3 is 28.4 Å². The van der Waals surface area contributed by atoms with Crippen molar-refractivity contribution in [1.29, 1.82) is 0 Å². The highest BCUT2D eigenvalue weighted by molar-refractivity contribution is 5.27. The minimum atomic E-state index is 0.246. The van der Waals surface area contributed by atoms with Gasteiger partial charge in [-0.2, -0.15) is 0 Å². The molecule has 0 radical (unpaired) electrons. The highest BCUT2D eigenvalue weighted by Gasteiger charge is 1.98. The third-order valence-electron chi connectivity index (χ3n) is 5.03. The Morgan fingerprint density at radius 2 is 1.06 bits per heavy atom. The maximum absolute atomic E-state index is 5.74. The highest BCUT2D eigenvalue weighted by atomic mass is 16.6. The van der Waals surface area contributed by atoms with Crippen molar-refractivity contribution in [2.75, 3.05) is 66.1 Å². The van der Waals surface area contributed by atoms with Crippen LogP contribution in [-0.2, 0) is 30.1 Å². The molecule has 0 atom stereocenters. The zero-order valence-corrected chi connectivity index (χ0v) is 21.4. The van der Waals surface area contributed by atoms with E-state index in [9.17, 15) is 0 Å². The predicted octanol–water partition coefficient (Wildman–Crippen LogP) is 5.46. The van der Waals surface area contributed by atoms with Gasteiger partial charge in [-0.1, -0.05) is 51.2 Å². The van der Waals surface area contributed by atoms with Crippen molar-refractivity contribution in [3.63, 3.8) is 0 Å². The maximum atomic E-state index is 5.74. The Hall–Kier alpha value is -1.18. The van der Waals surface area contributed by atoms with Crippen molar-refractivity contribution in [2.45, 2.75) is 71.8 Å². The van der Waals surface area contributed by atoms with Gasteiger partial charge in [-0.15, -0.1) is 0 Å². The monoisotopic (exact) mass is 468 g/mol. The van der Waals surface area contributed by atoms with Crippen molar-refractivity contribution < 1.29 is 28.4 Å². The van der Waals surface area contributed by atoms with Crippen molar-refractivity contribution in [1.82, 2.24) is 0 Å². The molecular formula is C27H48O6. The van der Waals surface area contributed by atoms with Crippen molar-refractivity contribution in [3.05, 3.63) is 29.8 Å². The van der Waals surface area contributed by atoms with Crippen LogP contribution in [0.5, 0.6) is 5.75 Å². The Balaban J connectivity index is 1.83. The van der Waals surface area contributed by atoms with E-state index in [0.717, 1.165) is 12.2 Å². The quantitative estimate of drug-likeness (QED) is 0.188. The molecule has 1 rings (SSSR count). The van der Waals surface area contributed by atoms with Gasteiger partial charge >= 0.3 is 0 Å². The molecule has 0 N–H and O–H groups in total. The summed E-state index contributed by atoms with van der Waals surface area (Å²) < 4.78 is 33.0. The largest absolute Gasteiger partial charge is 0.491 e. The molecule has 1 aromatic rings. The molecule has 192 valence electrons. The summed E-state index contributed by atoms with van der Waals surface area (Å²) in [5.41, 5.74) is 1.39. The van der Waals surface area contributed by atoms with Gasteiger partial charge in [-0.3, -0.25) is 0 Å². The van der Waals surface area contributed by atoms with Crippen LogP contribution in [0.4, 0.5) is 0 Å². The topological polar surface area (TPSA) is 55.4 Å². The zero-order valence-electron chi connectivity index (χ0n) is 21.4. The molecular weight excluding hydrogens is 420 g/mol. The molecule has 0 saturated heterocycles. The van der Waals surface area contributed by atoms with Crippen LogP contribution in [0.3, 0.4) is 0 Å². The van der Waals surface area contributed by atoms with Crippen LogP contribution in [-0.4, -0.2) is 72.2 Å². The number of aryl methyl sites for hydroxylation is 1. The van der Waals surface area contributed by atoms with Crippen LogP contribution in [0.1, 0.15) is 64.9 Å². The first-order valence-corrected chi connectivity index (χ1v) is 12.9. The Morgan fingerprint density at radius 1 is 0.576 bits per heavy atom. The molecule has 0 heterocycles. The average Bonchev–Trinajstić information content (AvgIpc) is 2.81. The van der Waals surface area contributed by atoms with E-state index in [-0.39, 0.29) is 6.10 Å². The molecule has 0 spiro atoms. The fraction of sp³-hybridized carbons (Fsp3) is 0.778. The first kappa shape index (κ1) is 29.9. The molecule has 0 fully saturated rings. The molecule has 6 heteroatoms.